The molecule has 0 fully saturated rings. The molecule has 1 aromatic heterocycles. The first kappa shape index (κ1) is 17.4. The molecule has 0 bridgehead atoms. The Bertz CT molecular complexity index is 592. The molecule has 2 unspecified atom stereocenters. The van der Waals surface area contributed by atoms with E-state index in [1.165, 1.54) is 12.3 Å². The largest absolute Gasteiger partial charge is 0.488 e. The molecule has 0 aliphatic heterocycles. The summed E-state index contributed by atoms with van der Waals surface area (Å²) in [5.74, 6) is -0.285. The van der Waals surface area contributed by atoms with Crippen LogP contribution in [0.5, 0.6) is 5.75 Å². The zero-order valence-corrected chi connectivity index (χ0v) is 13.0. The number of hydrogen-bond donors (Lipinski definition) is 1. The van der Waals surface area contributed by atoms with Gasteiger partial charge in [-0.15, -0.1) is 0 Å². The normalized spacial score (nSPS) is 14.3. The Morgan fingerprint density at radius 2 is 2.10 bits per heavy atom. The fourth-order valence-corrected chi connectivity index (χ4v) is 2.11. The Morgan fingerprint density at radius 3 is 2.67 bits per heavy atom. The summed E-state index contributed by atoms with van der Waals surface area (Å²) in [6.45, 7) is 5.92. The van der Waals surface area contributed by atoms with Crippen LogP contribution in [-0.2, 0) is 15.3 Å². The fourth-order valence-electron chi connectivity index (χ4n) is 1.79. The lowest BCUT2D eigenvalue weighted by atomic mass is 9.95. The number of nitrogens with zero attached hydrogens (tertiary/aromatic N) is 1. The van der Waals surface area contributed by atoms with Crippen molar-refractivity contribution in [2.24, 2.45) is 11.8 Å². The Kier molecular flexibility index (Phi) is 6.07. The minimum atomic E-state index is -5.11. The first-order valence-electron chi connectivity index (χ1n) is 6.61. The van der Waals surface area contributed by atoms with E-state index >= 15 is 0 Å². The van der Waals surface area contributed by atoms with Gasteiger partial charge >= 0.3 is 10.5 Å². The highest BCUT2D eigenvalue weighted by atomic mass is 32.3. The summed E-state index contributed by atoms with van der Waals surface area (Å²) in [6, 6.07) is 1.19. The van der Waals surface area contributed by atoms with Crippen LogP contribution >= 0.6 is 0 Å². The number of anilines is 1. The number of rotatable bonds is 7. The molecule has 1 heterocycles. The predicted octanol–water partition coefficient (Wildman–Crippen LogP) is 2.69. The number of halogens is 1. The summed E-state index contributed by atoms with van der Waals surface area (Å²) >= 11 is 0. The van der Waals surface area contributed by atoms with Crippen molar-refractivity contribution >= 4 is 22.1 Å². The topological polar surface area (TPSA) is 85.4 Å². The summed E-state index contributed by atoms with van der Waals surface area (Å²) in [7, 11) is -5.11. The highest BCUT2D eigenvalue weighted by Gasteiger charge is 2.16. The average Bonchev–Trinajstić information content (AvgIpc) is 2.36. The minimum absolute atomic E-state index is 0.200. The maximum atomic E-state index is 12.4. The van der Waals surface area contributed by atoms with E-state index in [0.29, 0.717) is 5.92 Å². The molecule has 2 atom stereocenters. The van der Waals surface area contributed by atoms with Crippen molar-refractivity contribution in [3.8, 4) is 5.75 Å². The van der Waals surface area contributed by atoms with Crippen LogP contribution in [0.4, 0.5) is 9.57 Å². The van der Waals surface area contributed by atoms with Crippen LogP contribution in [0.15, 0.2) is 18.5 Å². The molecular weight excluding hydrogens is 299 g/mol. The zero-order valence-electron chi connectivity index (χ0n) is 12.2. The lowest BCUT2D eigenvalue weighted by molar-refractivity contribution is -0.119. The van der Waals surface area contributed by atoms with Crippen LogP contribution in [0.25, 0.3) is 0 Å². The quantitative estimate of drug-likeness (QED) is 0.781. The van der Waals surface area contributed by atoms with Gasteiger partial charge in [-0.05, 0) is 12.3 Å². The third kappa shape index (κ3) is 6.52. The Hall–Kier alpha value is -1.70. The van der Waals surface area contributed by atoms with E-state index in [4.69, 9.17) is 0 Å². The predicted molar refractivity (Wildman–Crippen MR) is 76.8 cm³/mol. The maximum absolute atomic E-state index is 12.4. The van der Waals surface area contributed by atoms with Gasteiger partial charge in [-0.1, -0.05) is 31.1 Å². The molecule has 118 valence electrons. The van der Waals surface area contributed by atoms with E-state index in [1.807, 2.05) is 0 Å². The summed E-state index contributed by atoms with van der Waals surface area (Å²) in [4.78, 5) is 15.7. The van der Waals surface area contributed by atoms with Gasteiger partial charge in [0.2, 0.25) is 5.91 Å². The molecule has 0 aliphatic carbocycles. The molecule has 1 aromatic rings. The summed E-state index contributed by atoms with van der Waals surface area (Å²) in [5, 5.41) is 2.60. The first-order valence-corrected chi connectivity index (χ1v) is 7.92. The van der Waals surface area contributed by atoms with Gasteiger partial charge in [0.25, 0.3) is 0 Å². The minimum Gasteiger partial charge on any atom is -0.357 e. The third-order valence-electron chi connectivity index (χ3n) is 3.08. The summed E-state index contributed by atoms with van der Waals surface area (Å²) < 4.78 is 37.3. The van der Waals surface area contributed by atoms with E-state index in [2.05, 4.69) is 28.3 Å². The Morgan fingerprint density at radius 1 is 1.43 bits per heavy atom. The van der Waals surface area contributed by atoms with Crippen LogP contribution in [0.3, 0.4) is 0 Å². The SMILES string of the molecule is CCC(C)CC(C)C(=O)Nc1cncc(OS(=O)(=O)F)c1. The molecule has 1 N–H and O–H groups in total. The number of aromatic nitrogens is 1. The van der Waals surface area contributed by atoms with Gasteiger partial charge in [-0.3, -0.25) is 9.78 Å². The first-order chi connectivity index (χ1) is 9.71. The molecule has 0 spiro atoms. The van der Waals surface area contributed by atoms with Gasteiger partial charge in [0.15, 0.2) is 5.75 Å². The fraction of sp³-hybridized carbons (Fsp3) is 0.538. The Balaban J connectivity index is 2.70. The Labute approximate surface area is 124 Å². The molecule has 0 aromatic carbocycles. The molecule has 1 rings (SSSR count). The van der Waals surface area contributed by atoms with Crippen LogP contribution in [0.2, 0.25) is 0 Å². The molecule has 0 aliphatic rings. The number of carbonyl (C=O) groups excluding carboxylic acids is 1. The number of carbonyl (C=O) groups is 1. The lowest BCUT2D eigenvalue weighted by Gasteiger charge is -2.15. The average molecular weight is 318 g/mol. The molecule has 0 radical (unpaired) electrons. The smallest absolute Gasteiger partial charge is 0.357 e. The van der Waals surface area contributed by atoms with E-state index in [1.54, 1.807) is 6.92 Å². The molecular formula is C13H19FN2O4S. The van der Waals surface area contributed by atoms with Crippen LogP contribution in [0.1, 0.15) is 33.6 Å². The molecule has 0 saturated heterocycles. The molecule has 0 saturated carbocycles. The van der Waals surface area contributed by atoms with Crippen molar-refractivity contribution in [3.05, 3.63) is 18.5 Å². The van der Waals surface area contributed by atoms with E-state index in [9.17, 15) is 17.1 Å². The highest BCUT2D eigenvalue weighted by Crippen LogP contribution is 2.20. The molecule has 21 heavy (non-hydrogen) atoms. The third-order valence-corrected chi connectivity index (χ3v) is 3.47. The van der Waals surface area contributed by atoms with Gasteiger partial charge < -0.3 is 9.50 Å². The highest BCUT2D eigenvalue weighted by molar-refractivity contribution is 7.81. The van der Waals surface area contributed by atoms with Crippen molar-refractivity contribution in [2.75, 3.05) is 5.32 Å². The van der Waals surface area contributed by atoms with E-state index in [-0.39, 0.29) is 23.3 Å². The maximum Gasteiger partial charge on any atom is 0.488 e. The number of amides is 1. The second-order valence-electron chi connectivity index (χ2n) is 5.03. The molecule has 8 heteroatoms. The van der Waals surface area contributed by atoms with Crippen molar-refractivity contribution in [1.82, 2.24) is 4.98 Å². The summed E-state index contributed by atoms with van der Waals surface area (Å²) in [6.07, 6.45) is 4.09. The van der Waals surface area contributed by atoms with Crippen LogP contribution < -0.4 is 9.50 Å². The van der Waals surface area contributed by atoms with Gasteiger partial charge in [0.05, 0.1) is 18.1 Å². The van der Waals surface area contributed by atoms with Crippen molar-refractivity contribution in [2.45, 2.75) is 33.6 Å². The van der Waals surface area contributed by atoms with E-state index < -0.39 is 10.5 Å². The zero-order chi connectivity index (χ0) is 16.0. The monoisotopic (exact) mass is 318 g/mol. The van der Waals surface area contributed by atoms with Crippen molar-refractivity contribution in [1.29, 1.82) is 0 Å². The van der Waals surface area contributed by atoms with Crippen LogP contribution in [-0.4, -0.2) is 19.3 Å². The second kappa shape index (κ2) is 7.35. The number of pyridine rings is 1. The van der Waals surface area contributed by atoms with Crippen molar-refractivity contribution in [3.63, 3.8) is 0 Å². The van der Waals surface area contributed by atoms with Crippen molar-refractivity contribution < 1.29 is 21.3 Å². The standard InChI is InChI=1S/C13H19FN2O4S/c1-4-9(2)5-10(3)13(17)16-11-6-12(8-15-7-11)20-21(14,18)19/h6-10H,4-5H2,1-3H3,(H,16,17). The summed E-state index contributed by atoms with van der Waals surface area (Å²) in [5.41, 5.74) is 0.247. The van der Waals surface area contributed by atoms with Gasteiger partial charge in [0.1, 0.15) is 0 Å². The number of nitrogens with one attached hydrogen (secondary N) is 1. The molecule has 1 amide bonds. The van der Waals surface area contributed by atoms with Crippen LogP contribution in [0, 0.1) is 11.8 Å². The van der Waals surface area contributed by atoms with E-state index in [0.717, 1.165) is 19.0 Å². The second-order valence-corrected chi connectivity index (χ2v) is 5.98. The van der Waals surface area contributed by atoms with Gasteiger partial charge in [0, 0.05) is 12.0 Å². The van der Waals surface area contributed by atoms with Gasteiger partial charge in [-0.2, -0.15) is 8.42 Å². The number of hydrogen-bond acceptors (Lipinski definition) is 5. The van der Waals surface area contributed by atoms with Gasteiger partial charge in [-0.25, -0.2) is 0 Å². The molecule has 6 nitrogen and oxygen atoms in total. The lowest BCUT2D eigenvalue weighted by Crippen LogP contribution is -2.22.